The second-order valence-electron chi connectivity index (χ2n) is 13.3. The molecule has 0 amide bonds. The van der Waals surface area contributed by atoms with Gasteiger partial charge in [0.1, 0.15) is 0 Å². The number of hydrogen-bond acceptors (Lipinski definition) is 0. The van der Waals surface area contributed by atoms with Crippen LogP contribution in [0.1, 0.15) is 119 Å². The highest BCUT2D eigenvalue weighted by Gasteiger charge is 2.58. The van der Waals surface area contributed by atoms with Crippen LogP contribution in [-0.2, 0) is 0 Å². The highest BCUT2D eigenvalue weighted by Crippen LogP contribution is 2.67. The zero-order valence-corrected chi connectivity index (χ0v) is 21.5. The zero-order valence-electron chi connectivity index (χ0n) is 21.5. The van der Waals surface area contributed by atoms with Crippen LogP contribution in [0, 0.1) is 58.2 Å². The molecule has 0 radical (unpaired) electrons. The Morgan fingerprint density at radius 1 is 0.967 bits per heavy atom. The van der Waals surface area contributed by atoms with Gasteiger partial charge in [0.05, 0.1) is 0 Å². The summed E-state index contributed by atoms with van der Waals surface area (Å²) in [6.07, 6.45) is 18.9. The van der Waals surface area contributed by atoms with Crippen LogP contribution in [0.5, 0.6) is 0 Å². The van der Waals surface area contributed by atoms with Gasteiger partial charge in [-0.3, -0.25) is 0 Å². The molecular weight excluding hydrogens is 360 g/mol. The molecule has 0 heterocycles. The van der Waals surface area contributed by atoms with Crippen LogP contribution in [0.2, 0.25) is 0 Å². The summed E-state index contributed by atoms with van der Waals surface area (Å²) in [5.74, 6) is 7.59. The summed E-state index contributed by atoms with van der Waals surface area (Å²) in [7, 11) is 0. The minimum absolute atomic E-state index is 0.548. The summed E-state index contributed by atoms with van der Waals surface area (Å²) in [5, 5.41) is 0. The van der Waals surface area contributed by atoms with E-state index in [9.17, 15) is 0 Å². The molecule has 3 fully saturated rings. The second kappa shape index (κ2) is 8.59. The molecule has 4 aliphatic rings. The van der Waals surface area contributed by atoms with Crippen molar-refractivity contribution in [2.45, 2.75) is 119 Å². The molecule has 0 nitrogen and oxygen atoms in total. The van der Waals surface area contributed by atoms with Crippen LogP contribution in [0.4, 0.5) is 0 Å². The number of rotatable bonds is 6. The molecule has 0 heteroatoms. The van der Waals surface area contributed by atoms with Crippen molar-refractivity contribution in [1.29, 1.82) is 0 Å². The summed E-state index contributed by atoms with van der Waals surface area (Å²) in [5.41, 5.74) is 3.05. The molecule has 9 atom stereocenters. The van der Waals surface area contributed by atoms with Crippen LogP contribution in [0.15, 0.2) is 11.6 Å². The van der Waals surface area contributed by atoms with Crippen molar-refractivity contribution >= 4 is 0 Å². The Morgan fingerprint density at radius 2 is 1.73 bits per heavy atom. The van der Waals surface area contributed by atoms with Crippen molar-refractivity contribution in [3.63, 3.8) is 0 Å². The van der Waals surface area contributed by atoms with E-state index in [1.807, 2.05) is 5.57 Å². The molecule has 0 aromatic rings. The highest BCUT2D eigenvalue weighted by molar-refractivity contribution is 5.25. The van der Waals surface area contributed by atoms with Gasteiger partial charge in [-0.1, -0.05) is 73.0 Å². The van der Waals surface area contributed by atoms with Gasteiger partial charge < -0.3 is 0 Å². The Morgan fingerprint density at radius 3 is 2.43 bits per heavy atom. The molecule has 0 aliphatic heterocycles. The average Bonchev–Trinajstić information content (AvgIpc) is 3.06. The molecule has 172 valence electrons. The van der Waals surface area contributed by atoms with Crippen molar-refractivity contribution in [1.82, 2.24) is 0 Å². The van der Waals surface area contributed by atoms with Crippen molar-refractivity contribution < 1.29 is 0 Å². The van der Waals surface area contributed by atoms with E-state index in [4.69, 9.17) is 0 Å². The largest absolute Gasteiger partial charge is 0.0845 e. The first-order valence-electron chi connectivity index (χ1n) is 13.9. The Bertz CT molecular complexity index is 628. The lowest BCUT2D eigenvalue weighted by Crippen LogP contribution is -2.50. The van der Waals surface area contributed by atoms with E-state index in [1.165, 1.54) is 70.6 Å². The number of fused-ring (bicyclic) bond motifs is 5. The molecule has 30 heavy (non-hydrogen) atoms. The van der Waals surface area contributed by atoms with Gasteiger partial charge in [-0.15, -0.1) is 0 Å². The molecule has 6 unspecified atom stereocenters. The Balaban J connectivity index is 1.47. The lowest BCUT2D eigenvalue weighted by atomic mass is 9.46. The van der Waals surface area contributed by atoms with E-state index in [1.54, 1.807) is 0 Å². The molecule has 0 spiro atoms. The van der Waals surface area contributed by atoms with Crippen molar-refractivity contribution in [3.8, 4) is 0 Å². The zero-order chi connectivity index (χ0) is 21.7. The third-order valence-electron chi connectivity index (χ3n) is 11.6. The van der Waals surface area contributed by atoms with Gasteiger partial charge in [-0.25, -0.2) is 0 Å². The van der Waals surface area contributed by atoms with E-state index in [-0.39, 0.29) is 0 Å². The molecular formula is C30H52. The van der Waals surface area contributed by atoms with Crippen molar-refractivity contribution in [2.75, 3.05) is 0 Å². The van der Waals surface area contributed by atoms with Gasteiger partial charge in [0.15, 0.2) is 0 Å². The third kappa shape index (κ3) is 3.75. The van der Waals surface area contributed by atoms with Crippen LogP contribution in [-0.4, -0.2) is 0 Å². The molecule has 3 saturated carbocycles. The molecule has 0 aromatic heterocycles. The fourth-order valence-corrected chi connectivity index (χ4v) is 9.51. The van der Waals surface area contributed by atoms with E-state index < -0.39 is 0 Å². The molecule has 4 rings (SSSR count). The molecule has 0 bridgehead atoms. The van der Waals surface area contributed by atoms with Crippen LogP contribution in [0.3, 0.4) is 0 Å². The normalized spacial score (nSPS) is 45.3. The summed E-state index contributed by atoms with van der Waals surface area (Å²) < 4.78 is 0. The SMILES string of the molecule is CCC(CCC(C)C1CCC2C3CC=C4C[C@@H](C)CC[C@]4(C)C3CC[C@]12C)C(C)C. The fourth-order valence-electron chi connectivity index (χ4n) is 9.51. The van der Waals surface area contributed by atoms with Gasteiger partial charge >= 0.3 is 0 Å². The molecule has 4 aliphatic carbocycles. The molecule has 0 N–H and O–H groups in total. The van der Waals surface area contributed by atoms with Crippen molar-refractivity contribution in [2.24, 2.45) is 58.2 Å². The third-order valence-corrected chi connectivity index (χ3v) is 11.6. The topological polar surface area (TPSA) is 0 Å². The highest BCUT2D eigenvalue weighted by atomic mass is 14.6. The molecule has 0 saturated heterocycles. The Hall–Kier alpha value is -0.260. The number of hydrogen-bond donors (Lipinski definition) is 0. The summed E-state index contributed by atoms with van der Waals surface area (Å²) in [6, 6.07) is 0. The maximum absolute atomic E-state index is 2.76. The predicted molar refractivity (Wildman–Crippen MR) is 131 cm³/mol. The maximum atomic E-state index is 2.76. The minimum atomic E-state index is 0.548. The lowest BCUT2D eigenvalue weighted by molar-refractivity contribution is -0.0525. The standard InChI is InChI=1S/C30H52/c1-8-23(20(2)3)10-9-22(5)26-13-14-27-25-12-11-24-19-21(4)15-17-29(24,6)28(25)16-18-30(26,27)7/h11,20-23,25-28H,8-10,12-19H2,1-7H3/t21-,22?,23?,25?,26?,27?,28?,29-,30+/m0/s1. The average molecular weight is 413 g/mol. The Labute approximate surface area is 189 Å². The fraction of sp³-hybridized carbons (Fsp3) is 0.933. The van der Waals surface area contributed by atoms with Crippen LogP contribution in [0.25, 0.3) is 0 Å². The second-order valence-corrected chi connectivity index (χ2v) is 13.3. The van der Waals surface area contributed by atoms with Crippen LogP contribution < -0.4 is 0 Å². The van der Waals surface area contributed by atoms with Gasteiger partial charge in [-0.2, -0.15) is 0 Å². The van der Waals surface area contributed by atoms with Crippen LogP contribution >= 0.6 is 0 Å². The summed E-state index contributed by atoms with van der Waals surface area (Å²) in [4.78, 5) is 0. The molecule has 0 aromatic carbocycles. The summed E-state index contributed by atoms with van der Waals surface area (Å²) >= 11 is 0. The van der Waals surface area contributed by atoms with Gasteiger partial charge in [0.25, 0.3) is 0 Å². The quantitative estimate of drug-likeness (QED) is 0.381. The van der Waals surface area contributed by atoms with Gasteiger partial charge in [0, 0.05) is 0 Å². The van der Waals surface area contributed by atoms with Gasteiger partial charge in [0.2, 0.25) is 0 Å². The predicted octanol–water partition coefficient (Wildman–Crippen LogP) is 9.30. The first-order chi connectivity index (χ1) is 14.2. The lowest BCUT2D eigenvalue weighted by Gasteiger charge is -2.58. The van der Waals surface area contributed by atoms with E-state index in [0.717, 1.165) is 47.3 Å². The van der Waals surface area contributed by atoms with E-state index in [2.05, 4.69) is 54.5 Å². The smallest absolute Gasteiger partial charge is 0.00851 e. The number of allylic oxidation sites excluding steroid dienone is 2. The Kier molecular flexibility index (Phi) is 6.56. The summed E-state index contributed by atoms with van der Waals surface area (Å²) in [6.45, 7) is 17.8. The minimum Gasteiger partial charge on any atom is -0.0845 e. The van der Waals surface area contributed by atoms with Crippen molar-refractivity contribution in [3.05, 3.63) is 11.6 Å². The first-order valence-corrected chi connectivity index (χ1v) is 13.9. The first kappa shape index (κ1) is 22.9. The van der Waals surface area contributed by atoms with E-state index in [0.29, 0.717) is 10.8 Å². The monoisotopic (exact) mass is 412 g/mol. The van der Waals surface area contributed by atoms with Gasteiger partial charge in [-0.05, 0) is 116 Å². The van der Waals surface area contributed by atoms with E-state index >= 15 is 0 Å². The maximum Gasteiger partial charge on any atom is -0.00851 e.